The van der Waals surface area contributed by atoms with Crippen LogP contribution in [0.2, 0.25) is 0 Å². The third kappa shape index (κ3) is 4.57. The van der Waals surface area contributed by atoms with Gasteiger partial charge in [0, 0.05) is 24.7 Å². The molecule has 0 bridgehead atoms. The molecule has 0 amide bonds. The van der Waals surface area contributed by atoms with Crippen LogP contribution in [0.3, 0.4) is 0 Å². The summed E-state index contributed by atoms with van der Waals surface area (Å²) in [6.45, 7) is 2.17. The molecule has 0 atom stereocenters. The molecule has 1 nitrogen and oxygen atoms in total. The number of benzene rings is 1. The second-order valence-corrected chi connectivity index (χ2v) is 7.93. The Morgan fingerprint density at radius 2 is 1.86 bits per heavy atom. The predicted octanol–water partition coefficient (Wildman–Crippen LogP) is 6.54. The molecule has 0 unspecified atom stereocenters. The average Bonchev–Trinajstić information content (AvgIpc) is 2.79. The number of hydrogen-bond donors (Lipinski definition) is 1. The molecule has 0 aromatic heterocycles. The molecular formula is C27H29N. The average molecular weight is 368 g/mol. The van der Waals surface area contributed by atoms with Crippen LogP contribution in [0.15, 0.2) is 71.1 Å². The molecule has 28 heavy (non-hydrogen) atoms. The number of rotatable bonds is 2. The zero-order chi connectivity index (χ0) is 19.2. The molecular weight excluding hydrogens is 338 g/mol. The van der Waals surface area contributed by atoms with Crippen molar-refractivity contribution in [2.75, 3.05) is 0 Å². The van der Waals surface area contributed by atoms with E-state index in [1.807, 2.05) is 0 Å². The third-order valence-electron chi connectivity index (χ3n) is 5.83. The Labute approximate surface area is 169 Å². The third-order valence-corrected chi connectivity index (χ3v) is 5.83. The summed E-state index contributed by atoms with van der Waals surface area (Å²) in [6.07, 6.45) is 22.2. The summed E-state index contributed by atoms with van der Waals surface area (Å²) in [4.78, 5) is 0. The van der Waals surface area contributed by atoms with E-state index < -0.39 is 0 Å². The minimum atomic E-state index is 0.841. The van der Waals surface area contributed by atoms with Gasteiger partial charge >= 0.3 is 0 Å². The van der Waals surface area contributed by atoms with Gasteiger partial charge in [-0.2, -0.15) is 0 Å². The summed E-state index contributed by atoms with van der Waals surface area (Å²) in [6, 6.07) is 6.76. The van der Waals surface area contributed by atoms with E-state index in [0.29, 0.717) is 0 Å². The normalized spacial score (nSPS) is 24.6. The smallest absolute Gasteiger partial charge is 0.0381 e. The van der Waals surface area contributed by atoms with Crippen LogP contribution < -0.4 is 5.32 Å². The highest BCUT2D eigenvalue weighted by Gasteiger charge is 2.16. The lowest BCUT2D eigenvalue weighted by atomic mass is 9.87. The number of hydrogen-bond acceptors (Lipinski definition) is 1. The van der Waals surface area contributed by atoms with Gasteiger partial charge in [-0.25, -0.2) is 0 Å². The summed E-state index contributed by atoms with van der Waals surface area (Å²) < 4.78 is 0. The molecule has 0 saturated heterocycles. The van der Waals surface area contributed by atoms with E-state index in [-0.39, 0.29) is 0 Å². The fraction of sp³-hybridized carbons (Fsp3) is 0.333. The number of aryl methyl sites for hydroxylation is 2. The molecule has 0 spiro atoms. The molecule has 1 aromatic carbocycles. The summed E-state index contributed by atoms with van der Waals surface area (Å²) >= 11 is 0. The van der Waals surface area contributed by atoms with Crippen LogP contribution in [0.5, 0.6) is 0 Å². The predicted molar refractivity (Wildman–Crippen MR) is 119 cm³/mol. The Morgan fingerprint density at radius 1 is 0.964 bits per heavy atom. The lowest BCUT2D eigenvalue weighted by Crippen LogP contribution is -2.14. The molecule has 0 aliphatic heterocycles. The fourth-order valence-electron chi connectivity index (χ4n) is 4.26. The monoisotopic (exact) mass is 367 g/mol. The second-order valence-electron chi connectivity index (χ2n) is 7.93. The standard InChI is InChI=1S/C27H29N/c1-21-15-17-23-10-6-5-9-22(16-18-25(23)19-21)20-28-27-14-4-2-3-11-24-12-7-8-13-26(24)27/h5-6,9-10,14-15,17,19-20,28H,4,7-8,11-13,16,18H2,1H3/b9-5-,10-6-,22-20-,27-14+. The Balaban J connectivity index is 1.55. The lowest BCUT2D eigenvalue weighted by Gasteiger charge is -2.23. The van der Waals surface area contributed by atoms with E-state index in [4.69, 9.17) is 0 Å². The zero-order valence-electron chi connectivity index (χ0n) is 16.9. The number of nitrogens with one attached hydrogen (secondary N) is 1. The van der Waals surface area contributed by atoms with Crippen LogP contribution in [0, 0.1) is 18.8 Å². The van der Waals surface area contributed by atoms with E-state index in [2.05, 4.69) is 78.9 Å². The van der Waals surface area contributed by atoms with Crippen molar-refractivity contribution >= 4 is 6.08 Å². The minimum Gasteiger partial charge on any atom is -0.361 e. The first-order chi connectivity index (χ1) is 13.8. The fourth-order valence-corrected chi connectivity index (χ4v) is 4.26. The Hall–Kier alpha value is -2.72. The highest BCUT2D eigenvalue weighted by Crippen LogP contribution is 2.31. The van der Waals surface area contributed by atoms with E-state index in [1.54, 1.807) is 5.57 Å². The summed E-state index contributed by atoms with van der Waals surface area (Å²) in [5, 5.41) is 3.66. The maximum atomic E-state index is 3.66. The molecule has 1 heteroatoms. The lowest BCUT2D eigenvalue weighted by molar-refractivity contribution is 0.661. The Bertz CT molecular complexity index is 954. The van der Waals surface area contributed by atoms with Gasteiger partial charge in [0.25, 0.3) is 0 Å². The molecule has 0 heterocycles. The van der Waals surface area contributed by atoms with Gasteiger partial charge in [-0.05, 0) is 73.8 Å². The van der Waals surface area contributed by atoms with Crippen molar-refractivity contribution < 1.29 is 0 Å². The van der Waals surface area contributed by atoms with Gasteiger partial charge in [0.05, 0.1) is 0 Å². The maximum Gasteiger partial charge on any atom is 0.0381 e. The molecule has 0 fully saturated rings. The van der Waals surface area contributed by atoms with Gasteiger partial charge < -0.3 is 5.32 Å². The van der Waals surface area contributed by atoms with Crippen LogP contribution in [0.1, 0.15) is 61.6 Å². The zero-order valence-corrected chi connectivity index (χ0v) is 16.9. The minimum absolute atomic E-state index is 0.841. The largest absolute Gasteiger partial charge is 0.361 e. The van der Waals surface area contributed by atoms with Gasteiger partial charge in [0.2, 0.25) is 0 Å². The van der Waals surface area contributed by atoms with Gasteiger partial charge in [-0.1, -0.05) is 65.5 Å². The topological polar surface area (TPSA) is 12.0 Å². The van der Waals surface area contributed by atoms with Crippen LogP contribution in [-0.2, 0) is 6.42 Å². The maximum absolute atomic E-state index is 3.66. The van der Waals surface area contributed by atoms with Crippen molar-refractivity contribution in [2.24, 2.45) is 0 Å². The van der Waals surface area contributed by atoms with E-state index in [9.17, 15) is 0 Å². The van der Waals surface area contributed by atoms with Crippen LogP contribution in [0.4, 0.5) is 0 Å². The van der Waals surface area contributed by atoms with Crippen molar-refractivity contribution in [1.29, 1.82) is 0 Å². The van der Waals surface area contributed by atoms with Crippen molar-refractivity contribution in [1.82, 2.24) is 5.32 Å². The molecule has 142 valence electrons. The summed E-state index contributed by atoms with van der Waals surface area (Å²) in [7, 11) is 0. The van der Waals surface area contributed by atoms with Crippen molar-refractivity contribution in [2.45, 2.75) is 58.3 Å². The van der Waals surface area contributed by atoms with Gasteiger partial charge in [-0.15, -0.1) is 0 Å². The van der Waals surface area contributed by atoms with Crippen LogP contribution in [-0.4, -0.2) is 0 Å². The molecule has 0 radical (unpaired) electrons. The molecule has 3 aliphatic carbocycles. The first-order valence-corrected chi connectivity index (χ1v) is 10.6. The molecule has 0 saturated carbocycles. The van der Waals surface area contributed by atoms with E-state index >= 15 is 0 Å². The van der Waals surface area contributed by atoms with Gasteiger partial charge in [0.15, 0.2) is 0 Å². The van der Waals surface area contributed by atoms with Crippen molar-refractivity contribution in [3.8, 4) is 11.8 Å². The first kappa shape index (κ1) is 18.6. The SMILES string of the molecule is Cc1ccc2c(c1)CCC(=C\N/C1=C/CC#CCC3=C1CCCC3)/C=C\C=C/2. The van der Waals surface area contributed by atoms with Gasteiger partial charge in [0.1, 0.15) is 0 Å². The molecule has 3 aliphatic rings. The number of allylic oxidation sites excluding steroid dienone is 7. The second kappa shape index (κ2) is 8.98. The number of fused-ring (bicyclic) bond motifs is 1. The Morgan fingerprint density at radius 3 is 2.82 bits per heavy atom. The van der Waals surface area contributed by atoms with Crippen molar-refractivity contribution in [3.63, 3.8) is 0 Å². The Kier molecular flexibility index (Phi) is 5.98. The van der Waals surface area contributed by atoms with E-state index in [0.717, 1.165) is 25.7 Å². The van der Waals surface area contributed by atoms with Crippen LogP contribution >= 0.6 is 0 Å². The summed E-state index contributed by atoms with van der Waals surface area (Å²) in [5.41, 5.74) is 9.80. The van der Waals surface area contributed by atoms with Crippen LogP contribution in [0.25, 0.3) is 6.08 Å². The molecule has 1 aromatic rings. The van der Waals surface area contributed by atoms with E-state index in [1.165, 1.54) is 59.2 Å². The van der Waals surface area contributed by atoms with Gasteiger partial charge in [-0.3, -0.25) is 0 Å². The highest BCUT2D eigenvalue weighted by molar-refractivity contribution is 5.57. The molecule has 4 rings (SSSR count). The summed E-state index contributed by atoms with van der Waals surface area (Å²) in [5.74, 6) is 6.62. The highest BCUT2D eigenvalue weighted by atomic mass is 14.9. The van der Waals surface area contributed by atoms with Crippen molar-refractivity contribution in [3.05, 3.63) is 87.8 Å². The quantitative estimate of drug-likeness (QED) is 0.586. The first-order valence-electron chi connectivity index (χ1n) is 10.6. The molecule has 1 N–H and O–H groups in total.